The summed E-state index contributed by atoms with van der Waals surface area (Å²) in [4.78, 5) is 17.3. The first kappa shape index (κ1) is 9.80. The Morgan fingerprint density at radius 1 is 1.46 bits per heavy atom. The number of carbonyl (C=O) groups excluding carboxylic acids is 1. The molecule has 0 saturated carbocycles. The second kappa shape index (κ2) is 4.09. The number of hydrogen-bond donors (Lipinski definition) is 0. The van der Waals surface area contributed by atoms with Crippen LogP contribution in [0.2, 0.25) is 0 Å². The molecule has 0 aliphatic heterocycles. The van der Waals surface area contributed by atoms with Crippen molar-refractivity contribution in [1.82, 2.24) is 9.88 Å². The minimum atomic E-state index is -0.208. The number of Topliss-reactive ketones (excluding diaryl/α,β-unsaturated/α-hetero) is 1. The van der Waals surface area contributed by atoms with Crippen LogP contribution in [-0.4, -0.2) is 34.8 Å². The van der Waals surface area contributed by atoms with Crippen LogP contribution < -0.4 is 0 Å². The molecule has 0 spiro atoms. The number of thiocarbonyl (C=S) groups is 1. The molecule has 0 saturated heterocycles. The van der Waals surface area contributed by atoms with Gasteiger partial charge in [0.05, 0.1) is 0 Å². The molecule has 0 N–H and O–H groups in total. The van der Waals surface area contributed by atoms with Crippen LogP contribution in [-0.2, 0) is 0 Å². The van der Waals surface area contributed by atoms with Crippen molar-refractivity contribution < 1.29 is 4.79 Å². The van der Waals surface area contributed by atoms with E-state index in [1.54, 1.807) is 43.4 Å². The van der Waals surface area contributed by atoms with Gasteiger partial charge in [0.2, 0.25) is 5.78 Å². The Bertz CT molecular complexity index is 322. The van der Waals surface area contributed by atoms with Crippen LogP contribution in [0.5, 0.6) is 0 Å². The third kappa shape index (κ3) is 2.32. The molecule has 1 aromatic heterocycles. The molecular formula is C9H10N2OS. The minimum Gasteiger partial charge on any atom is -0.366 e. The monoisotopic (exact) mass is 194 g/mol. The molecule has 1 heterocycles. The highest BCUT2D eigenvalue weighted by molar-refractivity contribution is 7.82. The predicted molar refractivity (Wildman–Crippen MR) is 54.9 cm³/mol. The molecule has 1 aromatic rings. The minimum absolute atomic E-state index is 0.208. The third-order valence-corrected chi connectivity index (χ3v) is 2.05. The highest BCUT2D eigenvalue weighted by Gasteiger charge is 2.13. The number of aromatic nitrogens is 1. The Morgan fingerprint density at radius 3 is 2.62 bits per heavy atom. The first-order valence-electron chi connectivity index (χ1n) is 3.80. The number of ketones is 1. The molecule has 4 heteroatoms. The van der Waals surface area contributed by atoms with Crippen molar-refractivity contribution in [1.29, 1.82) is 0 Å². The van der Waals surface area contributed by atoms with E-state index in [0.717, 1.165) is 0 Å². The summed E-state index contributed by atoms with van der Waals surface area (Å²) in [5, 5.41) is 0. The van der Waals surface area contributed by atoms with E-state index in [-0.39, 0.29) is 10.8 Å². The molecule has 3 nitrogen and oxygen atoms in total. The number of likely N-dealkylation sites (N-methyl/N-ethyl adjacent to an activating group) is 1. The maximum Gasteiger partial charge on any atom is 0.238 e. The lowest BCUT2D eigenvalue weighted by atomic mass is 10.2. The number of hydrogen-bond acceptors (Lipinski definition) is 3. The Balaban J connectivity index is 2.87. The van der Waals surface area contributed by atoms with Crippen LogP contribution >= 0.6 is 12.2 Å². The van der Waals surface area contributed by atoms with Gasteiger partial charge in [0.15, 0.2) is 4.99 Å². The Hall–Kier alpha value is -1.29. The summed E-state index contributed by atoms with van der Waals surface area (Å²) in [5.74, 6) is -0.208. The largest absolute Gasteiger partial charge is 0.366 e. The van der Waals surface area contributed by atoms with Gasteiger partial charge in [0.25, 0.3) is 0 Å². The van der Waals surface area contributed by atoms with Crippen molar-refractivity contribution in [3.8, 4) is 0 Å². The summed E-state index contributed by atoms with van der Waals surface area (Å²) >= 11 is 4.92. The molecular weight excluding hydrogens is 184 g/mol. The fraction of sp³-hybridized carbons (Fsp3) is 0.222. The molecule has 68 valence electrons. The summed E-state index contributed by atoms with van der Waals surface area (Å²) < 4.78 is 0. The highest BCUT2D eigenvalue weighted by atomic mass is 32.1. The zero-order valence-corrected chi connectivity index (χ0v) is 8.34. The third-order valence-electron chi connectivity index (χ3n) is 1.50. The van der Waals surface area contributed by atoms with Crippen LogP contribution in [0.15, 0.2) is 24.4 Å². The van der Waals surface area contributed by atoms with Crippen molar-refractivity contribution in [3.05, 3.63) is 30.1 Å². The van der Waals surface area contributed by atoms with Crippen molar-refractivity contribution in [3.63, 3.8) is 0 Å². The summed E-state index contributed by atoms with van der Waals surface area (Å²) in [6.07, 6.45) is 1.57. The van der Waals surface area contributed by atoms with Crippen LogP contribution in [0.4, 0.5) is 0 Å². The number of nitrogens with zero attached hydrogens (tertiary/aromatic N) is 2. The van der Waals surface area contributed by atoms with Gasteiger partial charge < -0.3 is 4.90 Å². The molecule has 0 radical (unpaired) electrons. The van der Waals surface area contributed by atoms with Crippen molar-refractivity contribution in [2.24, 2.45) is 0 Å². The molecule has 0 aliphatic carbocycles. The lowest BCUT2D eigenvalue weighted by Crippen LogP contribution is -2.28. The van der Waals surface area contributed by atoms with Gasteiger partial charge in [-0.3, -0.25) is 9.78 Å². The molecule has 0 fully saturated rings. The smallest absolute Gasteiger partial charge is 0.238 e. The Morgan fingerprint density at radius 2 is 2.15 bits per heavy atom. The van der Waals surface area contributed by atoms with Crippen LogP contribution in [0.25, 0.3) is 0 Å². The van der Waals surface area contributed by atoms with E-state index in [4.69, 9.17) is 12.2 Å². The van der Waals surface area contributed by atoms with Gasteiger partial charge in [0.1, 0.15) is 5.69 Å². The van der Waals surface area contributed by atoms with Gasteiger partial charge >= 0.3 is 0 Å². The SMILES string of the molecule is CN(C)C(=S)C(=O)c1ccccn1. The highest BCUT2D eigenvalue weighted by Crippen LogP contribution is 1.98. The normalized spacial score (nSPS) is 9.38. The Kier molecular flexibility index (Phi) is 3.08. The quantitative estimate of drug-likeness (QED) is 0.522. The van der Waals surface area contributed by atoms with E-state index in [1.807, 2.05) is 0 Å². The number of carbonyl (C=O) groups is 1. The van der Waals surface area contributed by atoms with Crippen molar-refractivity contribution >= 4 is 23.0 Å². The van der Waals surface area contributed by atoms with Crippen LogP contribution in [0, 0.1) is 0 Å². The van der Waals surface area contributed by atoms with E-state index in [0.29, 0.717) is 5.69 Å². The van der Waals surface area contributed by atoms with Gasteiger partial charge in [-0.05, 0) is 12.1 Å². The molecule has 0 unspecified atom stereocenters. The fourth-order valence-electron chi connectivity index (χ4n) is 0.810. The lowest BCUT2D eigenvalue weighted by Gasteiger charge is -2.11. The van der Waals surface area contributed by atoms with Gasteiger partial charge in [-0.1, -0.05) is 18.3 Å². The average Bonchev–Trinajstić information content (AvgIpc) is 2.17. The molecule has 1 rings (SSSR count). The number of pyridine rings is 1. The standard InChI is InChI=1S/C9H10N2OS/c1-11(2)9(13)8(12)7-5-3-4-6-10-7/h3-6H,1-2H3. The van der Waals surface area contributed by atoms with Crippen LogP contribution in [0.1, 0.15) is 10.5 Å². The summed E-state index contributed by atoms with van der Waals surface area (Å²) in [6.45, 7) is 0. The zero-order valence-electron chi connectivity index (χ0n) is 7.52. The van der Waals surface area contributed by atoms with Crippen molar-refractivity contribution in [2.45, 2.75) is 0 Å². The average molecular weight is 194 g/mol. The molecule has 13 heavy (non-hydrogen) atoms. The van der Waals surface area contributed by atoms with Gasteiger partial charge in [-0.2, -0.15) is 0 Å². The van der Waals surface area contributed by atoms with E-state index >= 15 is 0 Å². The zero-order chi connectivity index (χ0) is 9.84. The summed E-state index contributed by atoms with van der Waals surface area (Å²) in [7, 11) is 3.48. The van der Waals surface area contributed by atoms with E-state index in [2.05, 4.69) is 4.98 Å². The maximum atomic E-state index is 11.5. The number of rotatable bonds is 2. The van der Waals surface area contributed by atoms with E-state index in [1.165, 1.54) is 0 Å². The van der Waals surface area contributed by atoms with Crippen LogP contribution in [0.3, 0.4) is 0 Å². The first-order chi connectivity index (χ1) is 6.13. The molecule has 0 bridgehead atoms. The fourth-order valence-corrected chi connectivity index (χ4v) is 0.914. The molecule has 0 amide bonds. The van der Waals surface area contributed by atoms with Crippen molar-refractivity contribution in [2.75, 3.05) is 14.1 Å². The van der Waals surface area contributed by atoms with Gasteiger partial charge in [0, 0.05) is 20.3 Å². The second-order valence-corrected chi connectivity index (χ2v) is 3.13. The van der Waals surface area contributed by atoms with E-state index < -0.39 is 0 Å². The summed E-state index contributed by atoms with van der Waals surface area (Å²) in [5.41, 5.74) is 0.390. The van der Waals surface area contributed by atoms with E-state index in [9.17, 15) is 4.79 Å². The topological polar surface area (TPSA) is 33.2 Å². The van der Waals surface area contributed by atoms with Gasteiger partial charge in [-0.25, -0.2) is 0 Å². The molecule has 0 aliphatic rings. The lowest BCUT2D eigenvalue weighted by molar-refractivity contribution is 0.105. The maximum absolute atomic E-state index is 11.5. The van der Waals surface area contributed by atoms with Gasteiger partial charge in [-0.15, -0.1) is 0 Å². The summed E-state index contributed by atoms with van der Waals surface area (Å²) in [6, 6.07) is 5.17. The first-order valence-corrected chi connectivity index (χ1v) is 4.21. The molecule has 0 atom stereocenters. The molecule has 0 aromatic carbocycles. The second-order valence-electron chi connectivity index (χ2n) is 2.74. The Labute approximate surface area is 82.4 Å². The predicted octanol–water partition coefficient (Wildman–Crippen LogP) is 1.15.